The van der Waals surface area contributed by atoms with Gasteiger partial charge in [-0.25, -0.2) is 4.99 Å². The third-order valence-corrected chi connectivity index (χ3v) is 3.83. The Morgan fingerprint density at radius 2 is 2.15 bits per heavy atom. The second-order valence-electron chi connectivity index (χ2n) is 4.43. The summed E-state index contributed by atoms with van der Waals surface area (Å²) < 4.78 is 3.08. The molecular formula is C14H12ClN3OS. The number of rotatable bonds is 1. The highest BCUT2D eigenvalue weighted by molar-refractivity contribution is 7.98. The average Bonchev–Trinajstić information content (AvgIpc) is 2.39. The summed E-state index contributed by atoms with van der Waals surface area (Å²) in [5, 5.41) is 13.6. The molecule has 0 radical (unpaired) electrons. The molecule has 0 aliphatic carbocycles. The van der Waals surface area contributed by atoms with Crippen molar-refractivity contribution in [2.24, 2.45) is 4.99 Å². The van der Waals surface area contributed by atoms with Gasteiger partial charge in [-0.1, -0.05) is 23.7 Å². The molecule has 0 spiro atoms. The van der Waals surface area contributed by atoms with E-state index in [-0.39, 0.29) is 5.75 Å². The van der Waals surface area contributed by atoms with E-state index >= 15 is 0 Å². The summed E-state index contributed by atoms with van der Waals surface area (Å²) in [4.78, 5) is 5.17. The van der Waals surface area contributed by atoms with Crippen molar-refractivity contribution in [2.75, 3.05) is 5.32 Å². The number of aryl methyl sites for hydroxylation is 1. The zero-order valence-corrected chi connectivity index (χ0v) is 12.2. The maximum absolute atomic E-state index is 9.90. The number of anilines is 1. The maximum Gasteiger partial charge on any atom is 0.211 e. The second kappa shape index (κ2) is 5.26. The molecule has 0 unspecified atom stereocenters. The van der Waals surface area contributed by atoms with Crippen molar-refractivity contribution in [1.82, 2.24) is 4.72 Å². The molecule has 0 saturated carbocycles. The fourth-order valence-electron chi connectivity index (χ4n) is 1.90. The first-order valence-electron chi connectivity index (χ1n) is 5.99. The van der Waals surface area contributed by atoms with Gasteiger partial charge in [-0.2, -0.15) is 0 Å². The monoisotopic (exact) mass is 305 g/mol. The number of fused-ring (bicyclic) bond motifs is 1. The summed E-state index contributed by atoms with van der Waals surface area (Å²) in [6.07, 6.45) is 0. The largest absolute Gasteiger partial charge is 0.506 e. The van der Waals surface area contributed by atoms with Gasteiger partial charge in [0, 0.05) is 16.8 Å². The molecule has 0 saturated heterocycles. The first-order valence-corrected chi connectivity index (χ1v) is 7.19. The lowest BCUT2D eigenvalue weighted by Crippen LogP contribution is -2.26. The Morgan fingerprint density at radius 1 is 1.30 bits per heavy atom. The standard InChI is InChI=1S/C14H12ClN3OS/c1-8-3-2-4-10(5-8)16-14-17-13-11(19)6-9(15)7-12(13)20-18-14/h2-7,19H,1H3,(H2,16,17,18). The van der Waals surface area contributed by atoms with Crippen LogP contribution >= 0.6 is 23.5 Å². The summed E-state index contributed by atoms with van der Waals surface area (Å²) in [7, 11) is 0. The lowest BCUT2D eigenvalue weighted by Gasteiger charge is -2.18. The summed E-state index contributed by atoms with van der Waals surface area (Å²) in [6, 6.07) is 11.2. The van der Waals surface area contributed by atoms with Crippen LogP contribution in [-0.2, 0) is 0 Å². The average molecular weight is 306 g/mol. The van der Waals surface area contributed by atoms with Gasteiger partial charge in [0.1, 0.15) is 11.4 Å². The first kappa shape index (κ1) is 13.1. The minimum Gasteiger partial charge on any atom is -0.506 e. The van der Waals surface area contributed by atoms with Crippen molar-refractivity contribution in [1.29, 1.82) is 0 Å². The predicted molar refractivity (Wildman–Crippen MR) is 84.0 cm³/mol. The molecule has 0 amide bonds. The molecule has 0 fully saturated rings. The van der Waals surface area contributed by atoms with E-state index in [1.165, 1.54) is 18.0 Å². The van der Waals surface area contributed by atoms with Crippen molar-refractivity contribution in [2.45, 2.75) is 11.8 Å². The van der Waals surface area contributed by atoms with Gasteiger partial charge in [-0.3, -0.25) is 4.72 Å². The van der Waals surface area contributed by atoms with Gasteiger partial charge in [0.15, 0.2) is 0 Å². The number of guanidine groups is 1. The highest BCUT2D eigenvalue weighted by atomic mass is 35.5. The second-order valence-corrected chi connectivity index (χ2v) is 5.72. The van der Waals surface area contributed by atoms with E-state index in [2.05, 4.69) is 15.0 Å². The number of aliphatic imine (C=N–C) groups is 1. The Kier molecular flexibility index (Phi) is 3.46. The van der Waals surface area contributed by atoms with Crippen LogP contribution in [0.15, 0.2) is 46.3 Å². The van der Waals surface area contributed by atoms with E-state index in [1.54, 1.807) is 6.07 Å². The van der Waals surface area contributed by atoms with Gasteiger partial charge in [0.05, 0.1) is 4.90 Å². The number of nitrogens with zero attached hydrogens (tertiary/aromatic N) is 1. The normalized spacial score (nSPS) is 13.2. The molecule has 3 N–H and O–H groups in total. The van der Waals surface area contributed by atoms with Gasteiger partial charge in [0.25, 0.3) is 0 Å². The van der Waals surface area contributed by atoms with Crippen LogP contribution in [0.4, 0.5) is 11.4 Å². The Labute approximate surface area is 126 Å². The summed E-state index contributed by atoms with van der Waals surface area (Å²) in [5.41, 5.74) is 2.62. The van der Waals surface area contributed by atoms with Crippen LogP contribution in [0.2, 0.25) is 5.02 Å². The van der Waals surface area contributed by atoms with Gasteiger partial charge < -0.3 is 10.4 Å². The van der Waals surface area contributed by atoms with Crippen molar-refractivity contribution in [3.05, 3.63) is 47.0 Å². The molecule has 3 rings (SSSR count). The highest BCUT2D eigenvalue weighted by Crippen LogP contribution is 2.40. The molecule has 2 aromatic rings. The van der Waals surface area contributed by atoms with E-state index in [9.17, 15) is 5.11 Å². The molecule has 1 aliphatic rings. The maximum atomic E-state index is 9.90. The highest BCUT2D eigenvalue weighted by Gasteiger charge is 2.17. The zero-order chi connectivity index (χ0) is 14.1. The molecule has 0 aromatic heterocycles. The Hall–Kier alpha value is -1.85. The number of halogens is 1. The van der Waals surface area contributed by atoms with Gasteiger partial charge in [0.2, 0.25) is 5.96 Å². The van der Waals surface area contributed by atoms with Crippen molar-refractivity contribution >= 4 is 40.9 Å². The molecule has 102 valence electrons. The van der Waals surface area contributed by atoms with Crippen LogP contribution in [-0.4, -0.2) is 11.1 Å². The van der Waals surface area contributed by atoms with Crippen LogP contribution < -0.4 is 10.0 Å². The number of phenolic OH excluding ortho intramolecular Hbond substituents is 1. The van der Waals surface area contributed by atoms with Crippen LogP contribution in [0.3, 0.4) is 0 Å². The lowest BCUT2D eigenvalue weighted by atomic mass is 10.2. The smallest absolute Gasteiger partial charge is 0.211 e. The summed E-state index contributed by atoms with van der Waals surface area (Å²) in [6.45, 7) is 2.03. The third-order valence-electron chi connectivity index (χ3n) is 2.78. The molecule has 0 bridgehead atoms. The Bertz CT molecular complexity index is 703. The number of nitrogens with one attached hydrogen (secondary N) is 2. The fraction of sp³-hybridized carbons (Fsp3) is 0.0714. The Balaban J connectivity index is 1.91. The van der Waals surface area contributed by atoms with E-state index in [4.69, 9.17) is 11.6 Å². The number of benzene rings is 2. The van der Waals surface area contributed by atoms with E-state index in [1.807, 2.05) is 31.2 Å². The number of aromatic hydroxyl groups is 1. The molecule has 1 heterocycles. The molecular weight excluding hydrogens is 294 g/mol. The van der Waals surface area contributed by atoms with Crippen LogP contribution in [0.5, 0.6) is 5.75 Å². The molecule has 2 aromatic carbocycles. The van der Waals surface area contributed by atoms with Gasteiger partial charge >= 0.3 is 0 Å². The Morgan fingerprint density at radius 3 is 2.95 bits per heavy atom. The molecule has 4 nitrogen and oxygen atoms in total. The van der Waals surface area contributed by atoms with E-state index in [0.29, 0.717) is 16.7 Å². The minimum atomic E-state index is 0.0741. The van der Waals surface area contributed by atoms with Gasteiger partial charge in [-0.05, 0) is 42.6 Å². The predicted octanol–water partition coefficient (Wildman–Crippen LogP) is 4.06. The van der Waals surface area contributed by atoms with Crippen LogP contribution in [0.1, 0.15) is 5.56 Å². The molecule has 1 aliphatic heterocycles. The van der Waals surface area contributed by atoms with Crippen molar-refractivity contribution in [3.63, 3.8) is 0 Å². The quantitative estimate of drug-likeness (QED) is 0.695. The van der Waals surface area contributed by atoms with Gasteiger partial charge in [-0.15, -0.1) is 0 Å². The topological polar surface area (TPSA) is 56.7 Å². The molecule has 0 atom stereocenters. The van der Waals surface area contributed by atoms with Crippen molar-refractivity contribution < 1.29 is 5.11 Å². The number of hydrogen-bond donors (Lipinski definition) is 3. The first-order chi connectivity index (χ1) is 9.61. The number of phenols is 1. The zero-order valence-electron chi connectivity index (χ0n) is 10.6. The summed E-state index contributed by atoms with van der Waals surface area (Å²) in [5.74, 6) is 0.649. The van der Waals surface area contributed by atoms with E-state index in [0.717, 1.165) is 16.1 Å². The number of hydrogen-bond acceptors (Lipinski definition) is 5. The molecule has 20 heavy (non-hydrogen) atoms. The van der Waals surface area contributed by atoms with Crippen LogP contribution in [0, 0.1) is 6.92 Å². The fourth-order valence-corrected chi connectivity index (χ4v) is 2.91. The lowest BCUT2D eigenvalue weighted by molar-refractivity contribution is 0.475. The van der Waals surface area contributed by atoms with E-state index < -0.39 is 0 Å². The van der Waals surface area contributed by atoms with Crippen molar-refractivity contribution in [3.8, 4) is 5.75 Å². The molecule has 6 heteroatoms. The summed E-state index contributed by atoms with van der Waals surface area (Å²) >= 11 is 7.26. The van der Waals surface area contributed by atoms with Crippen LogP contribution in [0.25, 0.3) is 0 Å². The third kappa shape index (κ3) is 2.69. The minimum absolute atomic E-state index is 0.0741. The SMILES string of the molecule is Cc1cccc(NC2=Nc3c(O)cc(Cl)cc3SN2)c1.